The van der Waals surface area contributed by atoms with Crippen molar-refractivity contribution in [3.63, 3.8) is 0 Å². The van der Waals surface area contributed by atoms with Crippen molar-refractivity contribution < 1.29 is 22.7 Å². The van der Waals surface area contributed by atoms with Gasteiger partial charge in [0.1, 0.15) is 22.4 Å². The van der Waals surface area contributed by atoms with Crippen LogP contribution in [-0.2, 0) is 6.18 Å². The first kappa shape index (κ1) is 24.1. The summed E-state index contributed by atoms with van der Waals surface area (Å²) >= 11 is 6.13. The molecule has 0 bridgehead atoms. The van der Waals surface area contributed by atoms with Crippen molar-refractivity contribution in [3.8, 4) is 11.5 Å². The summed E-state index contributed by atoms with van der Waals surface area (Å²) in [5.74, 6) is 1.07. The number of carbonyl (C=O) groups is 1. The van der Waals surface area contributed by atoms with Gasteiger partial charge in [-0.2, -0.15) is 13.2 Å². The van der Waals surface area contributed by atoms with Gasteiger partial charge in [0.2, 0.25) is 0 Å². The number of aryl methyl sites for hydroxylation is 1. The average Bonchev–Trinajstić information content (AvgIpc) is 3.18. The van der Waals surface area contributed by atoms with Crippen molar-refractivity contribution in [1.82, 2.24) is 14.8 Å². The second-order valence-electron chi connectivity index (χ2n) is 8.69. The maximum Gasteiger partial charge on any atom is 0.416 e. The highest BCUT2D eigenvalue weighted by atomic mass is 35.5. The Labute approximate surface area is 211 Å². The molecule has 1 saturated heterocycles. The third-order valence-electron chi connectivity index (χ3n) is 6.18. The number of hydrogen-bond acceptors (Lipinski definition) is 5. The molecule has 0 atom stereocenters. The Balaban J connectivity index is 1.50. The molecule has 186 valence electrons. The largest absolute Gasteiger partial charge is 0.454 e. The fourth-order valence-corrected chi connectivity index (χ4v) is 4.56. The van der Waals surface area contributed by atoms with Crippen molar-refractivity contribution >= 4 is 29.0 Å². The van der Waals surface area contributed by atoms with Gasteiger partial charge >= 0.3 is 6.18 Å². The molecule has 1 fully saturated rings. The van der Waals surface area contributed by atoms with Gasteiger partial charge in [0, 0.05) is 32.4 Å². The van der Waals surface area contributed by atoms with Crippen LogP contribution in [0.1, 0.15) is 33.5 Å². The lowest BCUT2D eigenvalue weighted by atomic mass is 10.1. The lowest BCUT2D eigenvalue weighted by Gasteiger charge is -2.25. The van der Waals surface area contributed by atoms with Crippen molar-refractivity contribution in [2.75, 3.05) is 26.2 Å². The zero-order chi connectivity index (χ0) is 25.4. The summed E-state index contributed by atoms with van der Waals surface area (Å²) in [6, 6.07) is 12.2. The van der Waals surface area contributed by atoms with Crippen molar-refractivity contribution in [3.05, 3.63) is 82.1 Å². The number of halogens is 4. The van der Waals surface area contributed by atoms with Gasteiger partial charge in [-0.05, 0) is 55.8 Å². The first-order valence-corrected chi connectivity index (χ1v) is 11.8. The number of ether oxygens (including phenoxy) is 1. The quantitative estimate of drug-likeness (QED) is 0.368. The summed E-state index contributed by atoms with van der Waals surface area (Å²) in [4.78, 5) is 25.5. The van der Waals surface area contributed by atoms with Gasteiger partial charge in [-0.15, -0.1) is 0 Å². The molecule has 3 aromatic rings. The number of benzene rings is 2. The number of carbonyl (C=O) groups excluding carboxylic acids is 1. The van der Waals surface area contributed by atoms with E-state index in [0.29, 0.717) is 55.3 Å². The molecule has 10 heteroatoms. The highest BCUT2D eigenvalue weighted by Gasteiger charge is 2.33. The first-order valence-electron chi connectivity index (χ1n) is 11.4. The molecule has 1 amide bonds. The van der Waals surface area contributed by atoms with Crippen LogP contribution in [0.4, 0.5) is 18.9 Å². The van der Waals surface area contributed by atoms with Gasteiger partial charge in [-0.25, -0.2) is 9.98 Å². The van der Waals surface area contributed by atoms with Crippen LogP contribution >= 0.6 is 11.6 Å². The number of amides is 1. The van der Waals surface area contributed by atoms with Crippen LogP contribution < -0.4 is 4.74 Å². The van der Waals surface area contributed by atoms with Crippen molar-refractivity contribution in [2.45, 2.75) is 19.5 Å². The topological polar surface area (TPSA) is 58.0 Å². The molecule has 0 aliphatic carbocycles. The monoisotopic (exact) mass is 514 g/mol. The number of alkyl halides is 3. The number of fused-ring (bicyclic) bond motifs is 2. The third kappa shape index (κ3) is 4.75. The molecule has 5 rings (SSSR count). The van der Waals surface area contributed by atoms with Crippen LogP contribution in [0.25, 0.3) is 0 Å². The average molecular weight is 515 g/mol. The highest BCUT2D eigenvalue weighted by molar-refractivity contribution is 6.32. The van der Waals surface area contributed by atoms with Gasteiger partial charge in [-0.1, -0.05) is 23.2 Å². The lowest BCUT2D eigenvalue weighted by Crippen LogP contribution is -2.37. The Morgan fingerprint density at radius 1 is 1.03 bits per heavy atom. The minimum Gasteiger partial charge on any atom is -0.454 e. The summed E-state index contributed by atoms with van der Waals surface area (Å²) in [7, 11) is 0. The molecule has 2 aromatic carbocycles. The molecule has 0 unspecified atom stereocenters. The molecule has 0 spiro atoms. The van der Waals surface area contributed by atoms with Gasteiger partial charge in [-0.3, -0.25) is 4.79 Å². The molecule has 0 N–H and O–H groups in total. The third-order valence-corrected chi connectivity index (χ3v) is 6.48. The van der Waals surface area contributed by atoms with Gasteiger partial charge < -0.3 is 14.5 Å². The van der Waals surface area contributed by atoms with Crippen LogP contribution in [0.5, 0.6) is 11.5 Å². The Morgan fingerprint density at radius 3 is 2.61 bits per heavy atom. The van der Waals surface area contributed by atoms with E-state index in [0.717, 1.165) is 17.7 Å². The van der Waals surface area contributed by atoms with Crippen molar-refractivity contribution in [2.24, 2.45) is 4.99 Å². The number of pyridine rings is 1. The van der Waals surface area contributed by atoms with E-state index in [1.54, 1.807) is 23.1 Å². The molecular formula is C26H22ClF3N4O2. The smallest absolute Gasteiger partial charge is 0.416 e. The summed E-state index contributed by atoms with van der Waals surface area (Å²) in [5.41, 5.74) is 1.30. The summed E-state index contributed by atoms with van der Waals surface area (Å²) < 4.78 is 46.3. The van der Waals surface area contributed by atoms with E-state index in [4.69, 9.17) is 16.3 Å². The molecule has 2 aliphatic rings. The molecule has 2 aliphatic heterocycles. The molecule has 36 heavy (non-hydrogen) atoms. The molecule has 6 nitrogen and oxygen atoms in total. The van der Waals surface area contributed by atoms with E-state index < -0.39 is 11.7 Å². The van der Waals surface area contributed by atoms with E-state index in [1.165, 1.54) is 12.3 Å². The Hall–Kier alpha value is -3.59. The van der Waals surface area contributed by atoms with Crippen molar-refractivity contribution in [1.29, 1.82) is 0 Å². The van der Waals surface area contributed by atoms with E-state index in [2.05, 4.69) is 9.98 Å². The zero-order valence-electron chi connectivity index (χ0n) is 19.3. The summed E-state index contributed by atoms with van der Waals surface area (Å²) in [6.45, 7) is 3.81. The van der Waals surface area contributed by atoms with Gasteiger partial charge in [0.25, 0.3) is 5.91 Å². The maximum atomic E-state index is 13.4. The number of rotatable bonds is 1. The standard InChI is InChI=1S/C26H22ClF3N4O2/c1-16-5-7-21-19(14-16)24(32-20-15-17(26(28,29)30)6-8-22(20)36-21)33-10-3-11-34(13-12-33)25(35)18-4-2-9-31-23(18)27/h2,4-9,14-15H,3,10-13H2,1H3. The fourth-order valence-electron chi connectivity index (χ4n) is 4.36. The molecule has 3 heterocycles. The maximum absolute atomic E-state index is 13.4. The van der Waals surface area contributed by atoms with E-state index in [1.807, 2.05) is 24.0 Å². The normalized spacial score (nSPS) is 15.8. The molecule has 1 aromatic heterocycles. The molecule has 0 radical (unpaired) electrons. The number of nitrogens with zero attached hydrogens (tertiary/aromatic N) is 4. The second kappa shape index (κ2) is 9.46. The lowest BCUT2D eigenvalue weighted by molar-refractivity contribution is -0.137. The molecular weight excluding hydrogens is 493 g/mol. The first-order chi connectivity index (χ1) is 17.2. The zero-order valence-corrected chi connectivity index (χ0v) is 20.1. The van der Waals surface area contributed by atoms with E-state index in [-0.39, 0.29) is 22.5 Å². The highest BCUT2D eigenvalue weighted by Crippen LogP contribution is 2.42. The Kier molecular flexibility index (Phi) is 6.34. The number of aliphatic imine (C=N–C) groups is 1. The second-order valence-corrected chi connectivity index (χ2v) is 9.05. The fraction of sp³-hybridized carbons (Fsp3) is 0.269. The van der Waals surface area contributed by atoms with Crippen LogP contribution in [0.15, 0.2) is 59.7 Å². The number of amidine groups is 1. The van der Waals surface area contributed by atoms with Crippen LogP contribution in [0, 0.1) is 6.92 Å². The Bertz CT molecular complexity index is 1360. The minimum atomic E-state index is -4.50. The number of hydrogen-bond donors (Lipinski definition) is 0. The van der Waals surface area contributed by atoms with Crippen LogP contribution in [0.3, 0.4) is 0 Å². The summed E-state index contributed by atoms with van der Waals surface area (Å²) in [5, 5.41) is 0.148. The van der Waals surface area contributed by atoms with E-state index in [9.17, 15) is 18.0 Å². The SMILES string of the molecule is Cc1ccc2c(c1)C(N1CCCN(C(=O)c3cccnc3Cl)CC1)=Nc1cc(C(F)(F)F)ccc1O2. The minimum absolute atomic E-state index is 0.105. The van der Waals surface area contributed by atoms with Gasteiger partial charge in [0.05, 0.1) is 16.7 Å². The summed E-state index contributed by atoms with van der Waals surface area (Å²) in [6.07, 6.45) is -2.34. The predicted octanol–water partition coefficient (Wildman–Crippen LogP) is 6.09. The van der Waals surface area contributed by atoms with Crippen LogP contribution in [0.2, 0.25) is 5.15 Å². The van der Waals surface area contributed by atoms with E-state index >= 15 is 0 Å². The Morgan fingerprint density at radius 2 is 1.83 bits per heavy atom. The predicted molar refractivity (Wildman–Crippen MR) is 130 cm³/mol. The van der Waals surface area contributed by atoms with Crippen LogP contribution in [-0.4, -0.2) is 52.7 Å². The number of aromatic nitrogens is 1. The molecule has 0 saturated carbocycles. The van der Waals surface area contributed by atoms with Gasteiger partial charge in [0.15, 0.2) is 5.75 Å².